The van der Waals surface area contributed by atoms with Gasteiger partial charge in [0.15, 0.2) is 0 Å². The average Bonchev–Trinajstić information content (AvgIpc) is 2.92. The lowest BCUT2D eigenvalue weighted by Crippen LogP contribution is -2.32. The number of nitrogens with zero attached hydrogens (tertiary/aromatic N) is 2. The predicted octanol–water partition coefficient (Wildman–Crippen LogP) is 5.67. The van der Waals surface area contributed by atoms with E-state index in [1.165, 1.54) is 57.0 Å². The maximum Gasteiger partial charge on any atom is 0.673 e. The highest BCUT2D eigenvalue weighted by atomic mass is 19.5. The van der Waals surface area contributed by atoms with Gasteiger partial charge in [0.2, 0.25) is 0 Å². The molecular formula is C17H27BF4N2. The fourth-order valence-corrected chi connectivity index (χ4v) is 2.65. The van der Waals surface area contributed by atoms with E-state index in [2.05, 4.69) is 52.7 Å². The third-order valence-electron chi connectivity index (χ3n) is 3.82. The van der Waals surface area contributed by atoms with Gasteiger partial charge in [-0.25, -0.2) is 8.97 Å². The van der Waals surface area contributed by atoms with Crippen LogP contribution in [0.4, 0.5) is 17.3 Å². The third kappa shape index (κ3) is 9.58. The van der Waals surface area contributed by atoms with Gasteiger partial charge in [0.05, 0.1) is 12.7 Å². The molecule has 0 saturated carbocycles. The third-order valence-corrected chi connectivity index (χ3v) is 3.82. The van der Waals surface area contributed by atoms with Crippen LogP contribution in [0.25, 0.3) is 5.65 Å². The molecule has 0 unspecified atom stereocenters. The topological polar surface area (TPSA) is 8.29 Å². The number of unbranched alkanes of at least 4 members (excludes halogenated alkanes) is 7. The molecule has 136 valence electrons. The van der Waals surface area contributed by atoms with Gasteiger partial charge < -0.3 is 17.3 Å². The van der Waals surface area contributed by atoms with E-state index < -0.39 is 7.25 Å². The van der Waals surface area contributed by atoms with Gasteiger partial charge in [-0.1, -0.05) is 51.5 Å². The second kappa shape index (κ2) is 11.1. The molecule has 2 aromatic heterocycles. The Morgan fingerprint density at radius 2 is 1.46 bits per heavy atom. The minimum absolute atomic E-state index is 1.15. The van der Waals surface area contributed by atoms with E-state index in [0.717, 1.165) is 6.54 Å². The lowest BCUT2D eigenvalue weighted by atomic mass is 10.1. The van der Waals surface area contributed by atoms with Gasteiger partial charge in [-0.2, -0.15) is 0 Å². The number of pyridine rings is 1. The monoisotopic (exact) mass is 346 g/mol. The molecule has 0 saturated heterocycles. The van der Waals surface area contributed by atoms with Crippen LogP contribution in [0.3, 0.4) is 0 Å². The molecule has 0 aromatic carbocycles. The Hall–Kier alpha value is -1.53. The molecule has 0 aliphatic rings. The first kappa shape index (κ1) is 20.5. The van der Waals surface area contributed by atoms with Crippen LogP contribution in [0.2, 0.25) is 0 Å². The van der Waals surface area contributed by atoms with Gasteiger partial charge in [0, 0.05) is 6.07 Å². The number of fused-ring (bicyclic) bond motifs is 1. The van der Waals surface area contributed by atoms with E-state index in [-0.39, 0.29) is 0 Å². The number of halogens is 4. The first-order valence-electron chi connectivity index (χ1n) is 8.74. The smallest absolute Gasteiger partial charge is 0.418 e. The standard InChI is InChI=1S/C17H27N2.BF4/c1-2-3-4-5-6-7-8-10-13-18-15-16-19-14-11-9-12-17(18)19;2-1(3,4)5/h9,11-12,14-16H,2-8,10,13H2,1H3;/q+1;-1. The summed E-state index contributed by atoms with van der Waals surface area (Å²) >= 11 is 0. The Kier molecular flexibility index (Phi) is 9.49. The molecule has 0 bridgehead atoms. The molecule has 24 heavy (non-hydrogen) atoms. The normalized spacial score (nSPS) is 11.4. The van der Waals surface area contributed by atoms with Gasteiger partial charge in [0.25, 0.3) is 5.65 Å². The lowest BCUT2D eigenvalue weighted by molar-refractivity contribution is -0.671. The number of hydrogen-bond acceptors (Lipinski definition) is 0. The molecule has 0 atom stereocenters. The minimum Gasteiger partial charge on any atom is -0.418 e. The molecule has 2 aromatic rings. The second-order valence-corrected chi connectivity index (χ2v) is 5.93. The van der Waals surface area contributed by atoms with Gasteiger partial charge in [0.1, 0.15) is 12.4 Å². The zero-order valence-electron chi connectivity index (χ0n) is 14.3. The van der Waals surface area contributed by atoms with Crippen molar-refractivity contribution in [1.82, 2.24) is 4.40 Å². The van der Waals surface area contributed by atoms with Crippen molar-refractivity contribution in [2.45, 2.75) is 64.8 Å². The van der Waals surface area contributed by atoms with Crippen molar-refractivity contribution in [2.24, 2.45) is 0 Å². The molecule has 0 spiro atoms. The molecule has 7 heteroatoms. The average molecular weight is 346 g/mol. The van der Waals surface area contributed by atoms with Crippen molar-refractivity contribution in [2.75, 3.05) is 0 Å². The largest absolute Gasteiger partial charge is 0.673 e. The summed E-state index contributed by atoms with van der Waals surface area (Å²) < 4.78 is 43.5. The summed E-state index contributed by atoms with van der Waals surface area (Å²) in [5.74, 6) is 0. The van der Waals surface area contributed by atoms with Gasteiger partial charge >= 0.3 is 7.25 Å². The summed E-state index contributed by atoms with van der Waals surface area (Å²) in [6.07, 6.45) is 17.5. The molecule has 0 N–H and O–H groups in total. The van der Waals surface area contributed by atoms with Crippen LogP contribution in [0.15, 0.2) is 36.8 Å². The van der Waals surface area contributed by atoms with Crippen molar-refractivity contribution < 1.29 is 21.8 Å². The number of aryl methyl sites for hydroxylation is 1. The van der Waals surface area contributed by atoms with Crippen LogP contribution < -0.4 is 4.57 Å². The molecule has 2 heterocycles. The van der Waals surface area contributed by atoms with Crippen molar-refractivity contribution >= 4 is 12.9 Å². The maximum absolute atomic E-state index is 9.75. The highest BCUT2D eigenvalue weighted by Crippen LogP contribution is 2.08. The number of imidazole rings is 1. The van der Waals surface area contributed by atoms with E-state index in [4.69, 9.17) is 0 Å². The molecule has 0 amide bonds. The Morgan fingerprint density at radius 1 is 0.875 bits per heavy atom. The summed E-state index contributed by atoms with van der Waals surface area (Å²) in [6.45, 7) is 3.43. The molecular weight excluding hydrogens is 319 g/mol. The molecule has 2 rings (SSSR count). The maximum atomic E-state index is 9.75. The number of aromatic nitrogens is 2. The minimum atomic E-state index is -6.00. The molecule has 0 radical (unpaired) electrons. The summed E-state index contributed by atoms with van der Waals surface area (Å²) in [5.41, 5.74) is 1.30. The number of rotatable bonds is 9. The summed E-state index contributed by atoms with van der Waals surface area (Å²) in [4.78, 5) is 0. The Morgan fingerprint density at radius 3 is 2.08 bits per heavy atom. The van der Waals surface area contributed by atoms with Crippen molar-refractivity contribution in [3.63, 3.8) is 0 Å². The summed E-state index contributed by atoms with van der Waals surface area (Å²) in [5, 5.41) is 0. The Balaban J connectivity index is 0.000000505. The first-order valence-corrected chi connectivity index (χ1v) is 8.74. The summed E-state index contributed by atoms with van der Waals surface area (Å²) in [6, 6.07) is 6.37. The quantitative estimate of drug-likeness (QED) is 0.239. The zero-order valence-corrected chi connectivity index (χ0v) is 14.3. The number of hydrogen-bond donors (Lipinski definition) is 0. The summed E-state index contributed by atoms with van der Waals surface area (Å²) in [7, 11) is -6.00. The van der Waals surface area contributed by atoms with E-state index in [0.29, 0.717) is 0 Å². The Bertz CT molecular complexity index is 563. The van der Waals surface area contributed by atoms with Crippen LogP contribution >= 0.6 is 0 Å². The van der Waals surface area contributed by atoms with Crippen molar-refractivity contribution in [3.8, 4) is 0 Å². The van der Waals surface area contributed by atoms with E-state index in [9.17, 15) is 17.3 Å². The Labute approximate surface area is 141 Å². The predicted molar refractivity (Wildman–Crippen MR) is 90.4 cm³/mol. The van der Waals surface area contributed by atoms with Crippen LogP contribution in [0.1, 0.15) is 58.3 Å². The highest BCUT2D eigenvalue weighted by molar-refractivity contribution is 6.50. The lowest BCUT2D eigenvalue weighted by Gasteiger charge is -2.01. The van der Waals surface area contributed by atoms with Crippen LogP contribution in [0.5, 0.6) is 0 Å². The van der Waals surface area contributed by atoms with Crippen molar-refractivity contribution in [3.05, 3.63) is 36.8 Å². The van der Waals surface area contributed by atoms with Crippen molar-refractivity contribution in [1.29, 1.82) is 0 Å². The van der Waals surface area contributed by atoms with Crippen LogP contribution in [0, 0.1) is 0 Å². The molecule has 0 fully saturated rings. The van der Waals surface area contributed by atoms with Gasteiger partial charge in [-0.05, 0) is 18.9 Å². The van der Waals surface area contributed by atoms with Crippen LogP contribution in [-0.2, 0) is 6.54 Å². The SMILES string of the molecule is CCCCCCCCCC[n+]1ccn2ccccc21.F[B-](F)(F)F. The molecule has 0 aliphatic heterocycles. The zero-order chi connectivity index (χ0) is 17.8. The fourth-order valence-electron chi connectivity index (χ4n) is 2.65. The van der Waals surface area contributed by atoms with E-state index in [1.54, 1.807) is 0 Å². The highest BCUT2D eigenvalue weighted by Gasteiger charge is 2.20. The first-order chi connectivity index (χ1) is 11.4. The fraction of sp³-hybridized carbons (Fsp3) is 0.588. The van der Waals surface area contributed by atoms with Gasteiger partial charge in [-0.15, -0.1) is 0 Å². The van der Waals surface area contributed by atoms with Gasteiger partial charge in [-0.3, -0.25) is 0 Å². The molecule has 2 nitrogen and oxygen atoms in total. The second-order valence-electron chi connectivity index (χ2n) is 5.93. The molecule has 0 aliphatic carbocycles. The van der Waals surface area contributed by atoms with E-state index in [1.807, 2.05) is 0 Å². The van der Waals surface area contributed by atoms with Crippen LogP contribution in [-0.4, -0.2) is 11.7 Å². The van der Waals surface area contributed by atoms with E-state index >= 15 is 0 Å².